The maximum absolute atomic E-state index is 12.3. The maximum atomic E-state index is 12.3. The molecule has 0 spiro atoms. The Bertz CT molecular complexity index is 543. The first-order valence-electron chi connectivity index (χ1n) is 9.45. The number of hydrogen-bond acceptors (Lipinski definition) is 4. The number of rotatable bonds is 6. The van der Waals surface area contributed by atoms with E-state index in [1.165, 1.54) is 29.8 Å². The van der Waals surface area contributed by atoms with Gasteiger partial charge in [0.1, 0.15) is 0 Å². The Labute approximate surface area is 155 Å². The van der Waals surface area contributed by atoms with E-state index in [2.05, 4.69) is 35.4 Å². The average Bonchev–Trinajstić information content (AvgIpc) is 2.68. The molecule has 2 aliphatic heterocycles. The van der Waals surface area contributed by atoms with Gasteiger partial charge in [0, 0.05) is 37.5 Å². The van der Waals surface area contributed by atoms with Gasteiger partial charge >= 0.3 is 0 Å². The number of benzene rings is 1. The topological polar surface area (TPSA) is 32.8 Å². The molecule has 138 valence electrons. The van der Waals surface area contributed by atoms with Crippen LogP contribution in [0.4, 0.5) is 0 Å². The van der Waals surface area contributed by atoms with Crippen molar-refractivity contribution in [1.29, 1.82) is 0 Å². The zero-order valence-corrected chi connectivity index (χ0v) is 16.1. The second kappa shape index (κ2) is 9.60. The van der Waals surface area contributed by atoms with Crippen LogP contribution in [-0.2, 0) is 16.1 Å². The van der Waals surface area contributed by atoms with E-state index in [4.69, 9.17) is 4.74 Å². The molecule has 1 aromatic rings. The molecule has 1 aromatic carbocycles. The van der Waals surface area contributed by atoms with Gasteiger partial charge in [-0.3, -0.25) is 9.69 Å². The molecule has 5 heteroatoms. The second-order valence-corrected chi connectivity index (χ2v) is 8.00. The van der Waals surface area contributed by atoms with Crippen molar-refractivity contribution in [3.05, 3.63) is 29.8 Å². The Morgan fingerprint density at radius 2 is 1.96 bits per heavy atom. The number of thioether (sulfide) groups is 1. The minimum Gasteiger partial charge on any atom is -0.378 e. The van der Waals surface area contributed by atoms with Crippen molar-refractivity contribution in [3.8, 4) is 0 Å². The summed E-state index contributed by atoms with van der Waals surface area (Å²) in [7, 11) is 0. The molecule has 4 nitrogen and oxygen atoms in total. The van der Waals surface area contributed by atoms with Crippen LogP contribution in [0.1, 0.15) is 31.2 Å². The lowest BCUT2D eigenvalue weighted by Crippen LogP contribution is -2.41. The highest BCUT2D eigenvalue weighted by Gasteiger charge is 2.22. The maximum Gasteiger partial charge on any atom is 0.222 e. The molecule has 0 bridgehead atoms. The van der Waals surface area contributed by atoms with Gasteiger partial charge in [-0.25, -0.2) is 0 Å². The molecule has 2 heterocycles. The number of hydrogen-bond donors (Lipinski definition) is 0. The SMILES string of the molecule is CSc1ccc(CN2CCC[C@H](CCC(=O)N3CCOCC3)C2)cc1. The number of piperidine rings is 1. The third-order valence-electron chi connectivity index (χ3n) is 5.30. The van der Waals surface area contributed by atoms with Crippen LogP contribution in [-0.4, -0.2) is 61.4 Å². The van der Waals surface area contributed by atoms with Crippen LogP contribution < -0.4 is 0 Å². The van der Waals surface area contributed by atoms with Gasteiger partial charge in [0.15, 0.2) is 0 Å². The third-order valence-corrected chi connectivity index (χ3v) is 6.04. The van der Waals surface area contributed by atoms with E-state index in [1.54, 1.807) is 11.8 Å². The number of carbonyl (C=O) groups excluding carboxylic acids is 1. The van der Waals surface area contributed by atoms with Gasteiger partial charge in [-0.1, -0.05) is 12.1 Å². The zero-order chi connectivity index (χ0) is 17.5. The Hall–Kier alpha value is -1.04. The highest BCUT2D eigenvalue weighted by Crippen LogP contribution is 2.23. The molecule has 1 amide bonds. The van der Waals surface area contributed by atoms with Crippen molar-refractivity contribution in [3.63, 3.8) is 0 Å². The summed E-state index contributed by atoms with van der Waals surface area (Å²) in [5, 5.41) is 0. The van der Waals surface area contributed by atoms with Crippen LogP contribution in [0.25, 0.3) is 0 Å². The summed E-state index contributed by atoms with van der Waals surface area (Å²) in [5.41, 5.74) is 1.39. The van der Waals surface area contributed by atoms with Crippen LogP contribution in [0.3, 0.4) is 0 Å². The van der Waals surface area contributed by atoms with Gasteiger partial charge < -0.3 is 9.64 Å². The first kappa shape index (κ1) is 18.7. The molecule has 3 rings (SSSR count). The molecule has 0 aliphatic carbocycles. The minimum absolute atomic E-state index is 0.313. The summed E-state index contributed by atoms with van der Waals surface area (Å²) in [5.74, 6) is 0.970. The molecule has 0 aromatic heterocycles. The Kier molecular flexibility index (Phi) is 7.20. The summed E-state index contributed by atoms with van der Waals surface area (Å²) in [6.07, 6.45) is 6.35. The first-order valence-corrected chi connectivity index (χ1v) is 10.7. The van der Waals surface area contributed by atoms with E-state index < -0.39 is 0 Å². The van der Waals surface area contributed by atoms with E-state index in [0.29, 0.717) is 31.5 Å². The Morgan fingerprint density at radius 1 is 1.20 bits per heavy atom. The molecule has 2 saturated heterocycles. The van der Waals surface area contributed by atoms with Crippen LogP contribution in [0.15, 0.2) is 29.2 Å². The first-order chi connectivity index (χ1) is 12.2. The van der Waals surface area contributed by atoms with E-state index in [9.17, 15) is 4.79 Å². The summed E-state index contributed by atoms with van der Waals surface area (Å²) in [4.78, 5) is 18.2. The molecule has 25 heavy (non-hydrogen) atoms. The summed E-state index contributed by atoms with van der Waals surface area (Å²) < 4.78 is 5.33. The van der Waals surface area contributed by atoms with Gasteiger partial charge in [-0.2, -0.15) is 0 Å². The molecule has 0 N–H and O–H groups in total. The zero-order valence-electron chi connectivity index (χ0n) is 15.3. The van der Waals surface area contributed by atoms with Gasteiger partial charge in [-0.15, -0.1) is 11.8 Å². The van der Waals surface area contributed by atoms with Crippen molar-refractivity contribution >= 4 is 17.7 Å². The van der Waals surface area contributed by atoms with E-state index in [0.717, 1.165) is 32.6 Å². The van der Waals surface area contributed by atoms with Crippen molar-refractivity contribution < 1.29 is 9.53 Å². The lowest BCUT2D eigenvalue weighted by atomic mass is 9.93. The minimum atomic E-state index is 0.313. The number of nitrogens with zero attached hydrogens (tertiary/aromatic N) is 2. The molecule has 0 radical (unpaired) electrons. The fourth-order valence-corrected chi connectivity index (χ4v) is 4.23. The number of likely N-dealkylation sites (tertiary alicyclic amines) is 1. The lowest BCUT2D eigenvalue weighted by molar-refractivity contribution is -0.135. The summed E-state index contributed by atoms with van der Waals surface area (Å²) in [6.45, 7) is 6.25. The number of ether oxygens (including phenoxy) is 1. The third kappa shape index (κ3) is 5.73. The monoisotopic (exact) mass is 362 g/mol. The Balaban J connectivity index is 1.43. The van der Waals surface area contributed by atoms with Crippen LogP contribution in [0, 0.1) is 5.92 Å². The lowest BCUT2D eigenvalue weighted by Gasteiger charge is -2.33. The fourth-order valence-electron chi connectivity index (χ4n) is 3.82. The van der Waals surface area contributed by atoms with E-state index in [1.807, 2.05) is 4.90 Å². The highest BCUT2D eigenvalue weighted by molar-refractivity contribution is 7.98. The van der Waals surface area contributed by atoms with Gasteiger partial charge in [0.25, 0.3) is 0 Å². The smallest absolute Gasteiger partial charge is 0.222 e. The molecule has 2 aliphatic rings. The summed E-state index contributed by atoms with van der Waals surface area (Å²) >= 11 is 1.79. The van der Waals surface area contributed by atoms with E-state index >= 15 is 0 Å². The number of morpholine rings is 1. The van der Waals surface area contributed by atoms with Crippen molar-refractivity contribution in [2.24, 2.45) is 5.92 Å². The van der Waals surface area contributed by atoms with Crippen LogP contribution in [0.2, 0.25) is 0 Å². The summed E-state index contributed by atoms with van der Waals surface area (Å²) in [6, 6.07) is 8.92. The van der Waals surface area contributed by atoms with Gasteiger partial charge in [0.2, 0.25) is 5.91 Å². The van der Waals surface area contributed by atoms with Crippen molar-refractivity contribution in [2.45, 2.75) is 37.1 Å². The average molecular weight is 363 g/mol. The largest absolute Gasteiger partial charge is 0.378 e. The number of amides is 1. The normalized spacial score (nSPS) is 22.1. The highest BCUT2D eigenvalue weighted by atomic mass is 32.2. The Morgan fingerprint density at radius 3 is 2.68 bits per heavy atom. The van der Waals surface area contributed by atoms with Crippen molar-refractivity contribution in [1.82, 2.24) is 9.80 Å². The molecular formula is C20H30N2O2S. The van der Waals surface area contributed by atoms with Crippen LogP contribution in [0.5, 0.6) is 0 Å². The van der Waals surface area contributed by atoms with E-state index in [-0.39, 0.29) is 0 Å². The van der Waals surface area contributed by atoms with Gasteiger partial charge in [-0.05, 0) is 55.7 Å². The second-order valence-electron chi connectivity index (χ2n) is 7.12. The quantitative estimate of drug-likeness (QED) is 0.727. The molecule has 2 fully saturated rings. The molecule has 0 unspecified atom stereocenters. The predicted octanol–water partition coefficient (Wildman–Crippen LogP) is 3.26. The van der Waals surface area contributed by atoms with Crippen molar-refractivity contribution in [2.75, 3.05) is 45.6 Å². The molecule has 1 atom stereocenters. The molecular weight excluding hydrogens is 332 g/mol. The molecule has 0 saturated carbocycles. The standard InChI is InChI=1S/C20H30N2O2S/c1-25-19-7-4-18(5-8-19)16-21-10-2-3-17(15-21)6-9-20(23)22-11-13-24-14-12-22/h4-5,7-8,17H,2-3,6,9-16H2,1H3/t17-/m1/s1. The van der Waals surface area contributed by atoms with Gasteiger partial charge in [0.05, 0.1) is 13.2 Å². The number of carbonyl (C=O) groups is 1. The predicted molar refractivity (Wildman–Crippen MR) is 103 cm³/mol. The fraction of sp³-hybridized carbons (Fsp3) is 0.650. The van der Waals surface area contributed by atoms with Crippen LogP contribution >= 0.6 is 11.8 Å².